The number of para-hydroxylation sites is 1. The number of thiazole rings is 1. The summed E-state index contributed by atoms with van der Waals surface area (Å²) in [5, 5.41) is 11.1. The molecule has 0 radical (unpaired) electrons. The van der Waals surface area contributed by atoms with E-state index in [2.05, 4.69) is 4.98 Å². The first-order valence-electron chi connectivity index (χ1n) is 7.24. The molecule has 6 nitrogen and oxygen atoms in total. The molecule has 0 saturated heterocycles. The summed E-state index contributed by atoms with van der Waals surface area (Å²) in [6.45, 7) is 0.359. The highest BCUT2D eigenvalue weighted by Crippen LogP contribution is 2.20. The fraction of sp³-hybridized carbons (Fsp3) is 0.176. The first kappa shape index (κ1) is 16.1. The molecule has 7 heteroatoms. The van der Waals surface area contributed by atoms with Gasteiger partial charge in [0.15, 0.2) is 4.96 Å². The summed E-state index contributed by atoms with van der Waals surface area (Å²) in [6.07, 6.45) is 3.39. The van der Waals surface area contributed by atoms with Gasteiger partial charge in [0.1, 0.15) is 12.4 Å². The second-order valence-corrected chi connectivity index (χ2v) is 5.91. The largest absolute Gasteiger partial charge is 0.504 e. The Hall–Kier alpha value is -2.80. The number of methoxy groups -OCH3 is 1. The maximum atomic E-state index is 11.2. The van der Waals surface area contributed by atoms with E-state index in [1.54, 1.807) is 0 Å². The molecule has 24 heavy (non-hydrogen) atoms. The molecular weight excluding hydrogens is 328 g/mol. The lowest BCUT2D eigenvalue weighted by Crippen LogP contribution is -2.05. The fourth-order valence-corrected chi connectivity index (χ4v) is 3.14. The Kier molecular flexibility index (Phi) is 4.81. The number of rotatable bonds is 7. The van der Waals surface area contributed by atoms with Gasteiger partial charge in [-0.3, -0.25) is 4.40 Å². The Balaban J connectivity index is 1.76. The molecule has 0 aliphatic heterocycles. The van der Waals surface area contributed by atoms with Crippen LogP contribution >= 0.6 is 11.3 Å². The van der Waals surface area contributed by atoms with Gasteiger partial charge in [0, 0.05) is 23.7 Å². The Morgan fingerprint density at radius 1 is 1.38 bits per heavy atom. The fourth-order valence-electron chi connectivity index (χ4n) is 2.25. The molecule has 0 atom stereocenters. The molecule has 2 heterocycles. The highest BCUT2D eigenvalue weighted by molar-refractivity contribution is 7.15. The van der Waals surface area contributed by atoms with Crippen LogP contribution in [0.25, 0.3) is 4.96 Å². The third kappa shape index (κ3) is 3.57. The number of ether oxygens (including phenoxy) is 2. The van der Waals surface area contributed by atoms with E-state index in [-0.39, 0.29) is 12.0 Å². The van der Waals surface area contributed by atoms with Gasteiger partial charge in [-0.05, 0) is 12.1 Å². The first-order valence-corrected chi connectivity index (χ1v) is 8.12. The van der Waals surface area contributed by atoms with Crippen molar-refractivity contribution in [2.24, 2.45) is 0 Å². The monoisotopic (exact) mass is 344 g/mol. The third-order valence-electron chi connectivity index (χ3n) is 3.37. The Morgan fingerprint density at radius 2 is 2.17 bits per heavy atom. The van der Waals surface area contributed by atoms with Crippen LogP contribution in [0.5, 0.6) is 5.75 Å². The molecule has 2 aromatic heterocycles. The van der Waals surface area contributed by atoms with E-state index >= 15 is 0 Å². The predicted octanol–water partition coefficient (Wildman–Crippen LogP) is 3.13. The SMILES string of the molecule is CO/C=C(/Cc1csc2nc(COc3ccccc3)cn12)C(=O)O. The molecule has 1 N–H and O–H groups in total. The van der Waals surface area contributed by atoms with Crippen LogP contribution in [0.2, 0.25) is 0 Å². The molecule has 1 aromatic carbocycles. The van der Waals surface area contributed by atoms with Gasteiger partial charge in [-0.15, -0.1) is 11.3 Å². The summed E-state index contributed by atoms with van der Waals surface area (Å²) < 4.78 is 12.4. The smallest absolute Gasteiger partial charge is 0.335 e. The second kappa shape index (κ2) is 7.18. The zero-order valence-electron chi connectivity index (χ0n) is 13.0. The van der Waals surface area contributed by atoms with Crippen LogP contribution in [0.1, 0.15) is 11.4 Å². The van der Waals surface area contributed by atoms with E-state index < -0.39 is 5.97 Å². The van der Waals surface area contributed by atoms with Gasteiger partial charge in [0.2, 0.25) is 0 Å². The lowest BCUT2D eigenvalue weighted by atomic mass is 10.2. The Labute approximate surface area is 142 Å². The number of carbonyl (C=O) groups is 1. The van der Waals surface area contributed by atoms with E-state index in [1.807, 2.05) is 46.3 Å². The van der Waals surface area contributed by atoms with Gasteiger partial charge >= 0.3 is 5.97 Å². The molecular formula is C17H16N2O4S. The maximum Gasteiger partial charge on any atom is 0.335 e. The zero-order valence-corrected chi connectivity index (χ0v) is 13.8. The highest BCUT2D eigenvalue weighted by atomic mass is 32.1. The lowest BCUT2D eigenvalue weighted by Gasteiger charge is -2.03. The summed E-state index contributed by atoms with van der Waals surface area (Å²) in [6, 6.07) is 9.53. The number of hydrogen-bond acceptors (Lipinski definition) is 5. The van der Waals surface area contributed by atoms with Gasteiger partial charge in [-0.1, -0.05) is 18.2 Å². The molecule has 0 aliphatic rings. The van der Waals surface area contributed by atoms with Crippen LogP contribution in [0.15, 0.2) is 53.7 Å². The Bertz CT molecular complexity index is 867. The minimum Gasteiger partial charge on any atom is -0.504 e. The average Bonchev–Trinajstić information content (AvgIpc) is 3.14. The molecule has 124 valence electrons. The summed E-state index contributed by atoms with van der Waals surface area (Å²) in [4.78, 5) is 16.5. The molecule has 0 unspecified atom stereocenters. The highest BCUT2D eigenvalue weighted by Gasteiger charge is 2.14. The Morgan fingerprint density at radius 3 is 2.88 bits per heavy atom. The van der Waals surface area contributed by atoms with Crippen LogP contribution in [-0.2, 0) is 22.6 Å². The number of carboxylic acid groups (broad SMARTS) is 1. The molecule has 0 aliphatic carbocycles. The lowest BCUT2D eigenvalue weighted by molar-refractivity contribution is -0.132. The molecule has 0 amide bonds. The van der Waals surface area contributed by atoms with Gasteiger partial charge in [0.05, 0.1) is 24.6 Å². The van der Waals surface area contributed by atoms with Gasteiger partial charge in [-0.2, -0.15) is 0 Å². The molecule has 3 rings (SSSR count). The number of aliphatic carboxylic acids is 1. The number of fused-ring (bicyclic) bond motifs is 1. The number of aromatic nitrogens is 2. The molecule has 3 aromatic rings. The summed E-state index contributed by atoms with van der Waals surface area (Å²) >= 11 is 1.46. The van der Waals surface area contributed by atoms with Gasteiger partial charge in [-0.25, -0.2) is 9.78 Å². The van der Waals surface area contributed by atoms with Crippen molar-refractivity contribution in [3.63, 3.8) is 0 Å². The molecule has 0 spiro atoms. The first-order chi connectivity index (χ1) is 11.7. The summed E-state index contributed by atoms with van der Waals surface area (Å²) in [5.41, 5.74) is 1.83. The van der Waals surface area contributed by atoms with Crippen molar-refractivity contribution in [3.8, 4) is 5.75 Å². The van der Waals surface area contributed by atoms with Crippen molar-refractivity contribution in [3.05, 3.63) is 65.1 Å². The van der Waals surface area contributed by atoms with Crippen LogP contribution in [0.3, 0.4) is 0 Å². The van der Waals surface area contributed by atoms with Crippen LogP contribution in [-0.4, -0.2) is 27.6 Å². The maximum absolute atomic E-state index is 11.2. The minimum atomic E-state index is -0.996. The predicted molar refractivity (Wildman–Crippen MR) is 90.3 cm³/mol. The van der Waals surface area contributed by atoms with E-state index in [4.69, 9.17) is 9.47 Å². The van der Waals surface area contributed by atoms with E-state index in [0.29, 0.717) is 6.61 Å². The normalized spacial score (nSPS) is 11.6. The quantitative estimate of drug-likeness (QED) is 0.526. The van der Waals surface area contributed by atoms with Crippen molar-refractivity contribution in [2.45, 2.75) is 13.0 Å². The number of hydrogen-bond donors (Lipinski definition) is 1. The third-order valence-corrected chi connectivity index (χ3v) is 4.26. The van der Waals surface area contributed by atoms with E-state index in [9.17, 15) is 9.90 Å². The topological polar surface area (TPSA) is 73.1 Å². The van der Waals surface area contributed by atoms with Crippen LogP contribution in [0.4, 0.5) is 0 Å². The van der Waals surface area contributed by atoms with Crippen LogP contribution < -0.4 is 4.74 Å². The number of imidazole rings is 1. The minimum absolute atomic E-state index is 0.188. The number of carboxylic acids is 1. The van der Waals surface area contributed by atoms with Crippen molar-refractivity contribution in [1.82, 2.24) is 9.38 Å². The van der Waals surface area contributed by atoms with E-state index in [0.717, 1.165) is 22.1 Å². The molecule has 0 saturated carbocycles. The van der Waals surface area contributed by atoms with Crippen molar-refractivity contribution in [1.29, 1.82) is 0 Å². The van der Waals surface area contributed by atoms with Crippen LogP contribution in [0, 0.1) is 0 Å². The second-order valence-electron chi connectivity index (χ2n) is 5.07. The van der Waals surface area contributed by atoms with Crippen molar-refractivity contribution >= 4 is 22.3 Å². The average molecular weight is 344 g/mol. The van der Waals surface area contributed by atoms with E-state index in [1.165, 1.54) is 24.7 Å². The number of nitrogens with zero attached hydrogens (tertiary/aromatic N) is 2. The zero-order chi connectivity index (χ0) is 16.9. The summed E-state index contributed by atoms with van der Waals surface area (Å²) in [7, 11) is 1.43. The molecule has 0 bridgehead atoms. The summed E-state index contributed by atoms with van der Waals surface area (Å²) in [5.74, 6) is -0.214. The standard InChI is InChI=1S/C17H16N2O4S/c1-22-9-12(16(20)21)7-14-11-24-17-18-13(8-19(14)17)10-23-15-5-3-2-4-6-15/h2-6,8-9,11H,7,10H2,1H3,(H,20,21)/b12-9-. The van der Waals surface area contributed by atoms with Gasteiger partial charge in [0.25, 0.3) is 0 Å². The van der Waals surface area contributed by atoms with Crippen molar-refractivity contribution < 1.29 is 19.4 Å². The van der Waals surface area contributed by atoms with Crippen molar-refractivity contribution in [2.75, 3.05) is 7.11 Å². The number of benzene rings is 1. The van der Waals surface area contributed by atoms with Gasteiger partial charge < -0.3 is 14.6 Å². The molecule has 0 fully saturated rings.